The smallest absolute Gasteiger partial charge is 0.160 e. The molecule has 0 radical (unpaired) electrons. The second-order valence-corrected chi connectivity index (χ2v) is 4.98. The van der Waals surface area contributed by atoms with Crippen molar-refractivity contribution in [2.24, 2.45) is 0 Å². The maximum absolute atomic E-state index is 9.81. The van der Waals surface area contributed by atoms with E-state index in [0.717, 1.165) is 22.7 Å². The van der Waals surface area contributed by atoms with Crippen LogP contribution in [0.2, 0.25) is 5.02 Å². The predicted molar refractivity (Wildman–Crippen MR) is 82.8 cm³/mol. The lowest BCUT2D eigenvalue weighted by Crippen LogP contribution is -2.09. The van der Waals surface area contributed by atoms with Gasteiger partial charge in [0.15, 0.2) is 11.5 Å². The fourth-order valence-electron chi connectivity index (χ4n) is 2.13. The molecule has 1 atom stereocenters. The summed E-state index contributed by atoms with van der Waals surface area (Å²) in [7, 11) is 1.53. The number of rotatable bonds is 5. The highest BCUT2D eigenvalue weighted by molar-refractivity contribution is 6.30. The fourth-order valence-corrected chi connectivity index (χ4v) is 2.32. The first-order valence-electron chi connectivity index (χ1n) is 6.53. The summed E-state index contributed by atoms with van der Waals surface area (Å²) >= 11 is 6.03. The van der Waals surface area contributed by atoms with Gasteiger partial charge in [0.25, 0.3) is 0 Å². The first-order chi connectivity index (χ1) is 9.63. The van der Waals surface area contributed by atoms with Gasteiger partial charge < -0.3 is 15.2 Å². The SMILES string of the molecule is CCC(Nc1ccc(OC)c(O)c1)c1cccc(Cl)c1. The number of benzene rings is 2. The summed E-state index contributed by atoms with van der Waals surface area (Å²) in [6.45, 7) is 2.10. The van der Waals surface area contributed by atoms with Crippen molar-refractivity contribution in [3.63, 3.8) is 0 Å². The third kappa shape index (κ3) is 3.36. The zero-order valence-electron chi connectivity index (χ0n) is 11.6. The van der Waals surface area contributed by atoms with E-state index < -0.39 is 0 Å². The van der Waals surface area contributed by atoms with Crippen LogP contribution in [0.1, 0.15) is 24.9 Å². The lowest BCUT2D eigenvalue weighted by molar-refractivity contribution is 0.373. The van der Waals surface area contributed by atoms with E-state index in [-0.39, 0.29) is 11.8 Å². The van der Waals surface area contributed by atoms with Crippen molar-refractivity contribution in [1.82, 2.24) is 0 Å². The summed E-state index contributed by atoms with van der Waals surface area (Å²) in [5, 5.41) is 13.9. The Morgan fingerprint density at radius 3 is 2.65 bits per heavy atom. The third-order valence-corrected chi connectivity index (χ3v) is 3.41. The van der Waals surface area contributed by atoms with Gasteiger partial charge in [-0.15, -0.1) is 0 Å². The summed E-state index contributed by atoms with van der Waals surface area (Å²) in [6, 6.07) is 13.2. The Kier molecular flexibility index (Phi) is 4.74. The van der Waals surface area contributed by atoms with E-state index in [2.05, 4.69) is 12.2 Å². The average molecular weight is 292 g/mol. The van der Waals surface area contributed by atoms with Crippen molar-refractivity contribution in [2.75, 3.05) is 12.4 Å². The number of hydrogen-bond acceptors (Lipinski definition) is 3. The van der Waals surface area contributed by atoms with E-state index in [0.29, 0.717) is 5.75 Å². The van der Waals surface area contributed by atoms with Crippen molar-refractivity contribution in [3.05, 3.63) is 53.1 Å². The first-order valence-corrected chi connectivity index (χ1v) is 6.91. The molecule has 2 N–H and O–H groups in total. The number of phenolic OH excluding ortho intramolecular Hbond substituents is 1. The fraction of sp³-hybridized carbons (Fsp3) is 0.250. The Hall–Kier alpha value is -1.87. The second kappa shape index (κ2) is 6.53. The van der Waals surface area contributed by atoms with Gasteiger partial charge in [-0.25, -0.2) is 0 Å². The van der Waals surface area contributed by atoms with E-state index >= 15 is 0 Å². The monoisotopic (exact) mass is 291 g/mol. The molecule has 2 rings (SSSR count). The summed E-state index contributed by atoms with van der Waals surface area (Å²) < 4.78 is 5.04. The number of ether oxygens (including phenoxy) is 1. The van der Waals surface area contributed by atoms with Crippen LogP contribution < -0.4 is 10.1 Å². The minimum Gasteiger partial charge on any atom is -0.504 e. The summed E-state index contributed by atoms with van der Waals surface area (Å²) in [5.41, 5.74) is 1.96. The molecule has 0 spiro atoms. The molecule has 0 aromatic heterocycles. The molecule has 2 aromatic carbocycles. The van der Waals surface area contributed by atoms with Gasteiger partial charge >= 0.3 is 0 Å². The summed E-state index contributed by atoms with van der Waals surface area (Å²) in [6.07, 6.45) is 0.910. The minimum atomic E-state index is 0.124. The number of anilines is 1. The van der Waals surface area contributed by atoms with Gasteiger partial charge in [-0.1, -0.05) is 30.7 Å². The Balaban J connectivity index is 2.20. The molecule has 0 fully saturated rings. The number of phenols is 1. The summed E-state index contributed by atoms with van der Waals surface area (Å²) in [5.74, 6) is 0.588. The zero-order valence-corrected chi connectivity index (χ0v) is 12.3. The third-order valence-electron chi connectivity index (χ3n) is 3.18. The number of aromatic hydroxyl groups is 1. The van der Waals surface area contributed by atoms with Crippen LogP contribution in [0.3, 0.4) is 0 Å². The number of nitrogens with one attached hydrogen (secondary N) is 1. The molecule has 0 saturated carbocycles. The Labute approximate surface area is 124 Å². The maximum Gasteiger partial charge on any atom is 0.160 e. The molecular formula is C16H18ClNO2. The van der Waals surface area contributed by atoms with E-state index in [9.17, 15) is 5.11 Å². The zero-order chi connectivity index (χ0) is 14.5. The number of hydrogen-bond donors (Lipinski definition) is 2. The van der Waals surface area contributed by atoms with Gasteiger partial charge in [-0.2, -0.15) is 0 Å². The highest BCUT2D eigenvalue weighted by atomic mass is 35.5. The van der Waals surface area contributed by atoms with Gasteiger partial charge in [-0.05, 0) is 36.2 Å². The lowest BCUT2D eigenvalue weighted by Gasteiger charge is -2.19. The van der Waals surface area contributed by atoms with Gasteiger partial charge in [0.2, 0.25) is 0 Å². The Morgan fingerprint density at radius 2 is 2.05 bits per heavy atom. The van der Waals surface area contributed by atoms with E-state index in [1.807, 2.05) is 30.3 Å². The van der Waals surface area contributed by atoms with Crippen molar-refractivity contribution in [2.45, 2.75) is 19.4 Å². The number of halogens is 1. The van der Waals surface area contributed by atoms with Crippen LogP contribution >= 0.6 is 11.6 Å². The highest BCUT2D eigenvalue weighted by Crippen LogP contribution is 2.31. The van der Waals surface area contributed by atoms with Crippen LogP contribution in [0.25, 0.3) is 0 Å². The van der Waals surface area contributed by atoms with Gasteiger partial charge in [-0.3, -0.25) is 0 Å². The normalized spacial score (nSPS) is 11.9. The van der Waals surface area contributed by atoms with Crippen LogP contribution in [-0.4, -0.2) is 12.2 Å². The first kappa shape index (κ1) is 14.5. The standard InChI is InChI=1S/C16H18ClNO2/c1-3-14(11-5-4-6-12(17)9-11)18-13-7-8-16(20-2)15(19)10-13/h4-10,14,18-19H,3H2,1-2H3. The van der Waals surface area contributed by atoms with E-state index in [4.69, 9.17) is 16.3 Å². The van der Waals surface area contributed by atoms with Gasteiger partial charge in [0, 0.05) is 16.8 Å². The van der Waals surface area contributed by atoms with Gasteiger partial charge in [0.1, 0.15) is 0 Å². The van der Waals surface area contributed by atoms with E-state index in [1.54, 1.807) is 12.1 Å². The number of methoxy groups -OCH3 is 1. The van der Waals surface area contributed by atoms with Gasteiger partial charge in [0.05, 0.1) is 13.2 Å². The molecule has 0 amide bonds. The molecule has 20 heavy (non-hydrogen) atoms. The average Bonchev–Trinajstić information content (AvgIpc) is 2.45. The lowest BCUT2D eigenvalue weighted by atomic mass is 10.0. The van der Waals surface area contributed by atoms with Crippen LogP contribution in [-0.2, 0) is 0 Å². The van der Waals surface area contributed by atoms with Crippen molar-refractivity contribution in [1.29, 1.82) is 0 Å². The van der Waals surface area contributed by atoms with Crippen LogP contribution in [0.5, 0.6) is 11.5 Å². The molecular weight excluding hydrogens is 274 g/mol. The molecule has 2 aromatic rings. The quantitative estimate of drug-likeness (QED) is 0.845. The van der Waals surface area contributed by atoms with Crippen molar-refractivity contribution >= 4 is 17.3 Å². The van der Waals surface area contributed by atoms with Crippen LogP contribution in [0.15, 0.2) is 42.5 Å². The molecule has 0 heterocycles. The molecule has 0 aliphatic carbocycles. The molecule has 3 nitrogen and oxygen atoms in total. The Morgan fingerprint density at radius 1 is 1.25 bits per heavy atom. The molecule has 0 saturated heterocycles. The highest BCUT2D eigenvalue weighted by Gasteiger charge is 2.11. The topological polar surface area (TPSA) is 41.5 Å². The molecule has 0 aliphatic heterocycles. The van der Waals surface area contributed by atoms with Crippen LogP contribution in [0, 0.1) is 0 Å². The van der Waals surface area contributed by atoms with Crippen molar-refractivity contribution in [3.8, 4) is 11.5 Å². The maximum atomic E-state index is 9.81. The minimum absolute atomic E-state index is 0.124. The van der Waals surface area contributed by atoms with Crippen molar-refractivity contribution < 1.29 is 9.84 Å². The molecule has 4 heteroatoms. The molecule has 0 bridgehead atoms. The largest absolute Gasteiger partial charge is 0.504 e. The second-order valence-electron chi connectivity index (χ2n) is 4.55. The Bertz CT molecular complexity index is 586. The molecule has 106 valence electrons. The molecule has 1 unspecified atom stereocenters. The summed E-state index contributed by atoms with van der Waals surface area (Å²) in [4.78, 5) is 0. The molecule has 0 aliphatic rings. The van der Waals surface area contributed by atoms with Crippen LogP contribution in [0.4, 0.5) is 5.69 Å². The van der Waals surface area contributed by atoms with E-state index in [1.165, 1.54) is 7.11 Å². The predicted octanol–water partition coefficient (Wildman–Crippen LogP) is 4.62.